The normalized spacial score (nSPS) is 24.8. The zero-order chi connectivity index (χ0) is 12.0. The van der Waals surface area contributed by atoms with Crippen molar-refractivity contribution in [3.05, 3.63) is 0 Å². The molecule has 5 nitrogen and oxygen atoms in total. The standard InChI is InChI=1S/C11H23N3O2/c1-9(11(16)13-12)7-14-6-4-2-3-5-10(14)8-15/h9-10,15H,2-8,12H2,1H3,(H,13,16). The molecule has 5 heteroatoms. The van der Waals surface area contributed by atoms with E-state index >= 15 is 0 Å². The van der Waals surface area contributed by atoms with E-state index in [0.29, 0.717) is 6.54 Å². The highest BCUT2D eigenvalue weighted by Gasteiger charge is 2.23. The first kappa shape index (κ1) is 13.4. The van der Waals surface area contributed by atoms with Crippen LogP contribution >= 0.6 is 0 Å². The Balaban J connectivity index is 2.50. The number of aliphatic hydroxyl groups is 1. The van der Waals surface area contributed by atoms with E-state index in [1.165, 1.54) is 12.8 Å². The average molecular weight is 229 g/mol. The number of nitrogens with zero attached hydrogens (tertiary/aromatic N) is 1. The van der Waals surface area contributed by atoms with E-state index in [1.807, 2.05) is 6.92 Å². The van der Waals surface area contributed by atoms with Crippen LogP contribution in [-0.4, -0.2) is 41.7 Å². The molecule has 1 aliphatic heterocycles. The molecule has 0 saturated carbocycles. The maximum Gasteiger partial charge on any atom is 0.237 e. The summed E-state index contributed by atoms with van der Waals surface area (Å²) in [5.74, 6) is 4.84. The van der Waals surface area contributed by atoms with E-state index in [-0.39, 0.29) is 24.5 Å². The summed E-state index contributed by atoms with van der Waals surface area (Å²) in [4.78, 5) is 13.6. The average Bonchev–Trinajstić information content (AvgIpc) is 2.52. The molecule has 4 N–H and O–H groups in total. The highest BCUT2D eigenvalue weighted by molar-refractivity contribution is 5.77. The molecule has 0 aromatic heterocycles. The van der Waals surface area contributed by atoms with Crippen LogP contribution in [0.25, 0.3) is 0 Å². The molecule has 1 heterocycles. The fraction of sp³-hybridized carbons (Fsp3) is 0.909. The Morgan fingerprint density at radius 3 is 2.94 bits per heavy atom. The van der Waals surface area contributed by atoms with Gasteiger partial charge < -0.3 is 5.11 Å². The number of aliphatic hydroxyl groups excluding tert-OH is 1. The van der Waals surface area contributed by atoms with Crippen molar-refractivity contribution in [2.75, 3.05) is 19.7 Å². The van der Waals surface area contributed by atoms with Crippen molar-refractivity contribution in [2.24, 2.45) is 11.8 Å². The van der Waals surface area contributed by atoms with Gasteiger partial charge in [-0.3, -0.25) is 15.1 Å². The molecule has 0 aromatic rings. The molecule has 1 amide bonds. The minimum atomic E-state index is -0.138. The molecular formula is C11H23N3O2. The Hall–Kier alpha value is -0.650. The van der Waals surface area contributed by atoms with Crippen molar-refractivity contribution < 1.29 is 9.90 Å². The summed E-state index contributed by atoms with van der Waals surface area (Å²) in [6.07, 6.45) is 4.55. The molecule has 0 spiro atoms. The Bertz CT molecular complexity index is 223. The van der Waals surface area contributed by atoms with E-state index in [2.05, 4.69) is 10.3 Å². The second kappa shape index (κ2) is 6.83. The van der Waals surface area contributed by atoms with Crippen LogP contribution in [0.15, 0.2) is 0 Å². The van der Waals surface area contributed by atoms with Crippen molar-refractivity contribution >= 4 is 5.91 Å². The fourth-order valence-electron chi connectivity index (χ4n) is 2.26. The molecule has 1 aliphatic rings. The first-order valence-electron chi connectivity index (χ1n) is 6.04. The third-order valence-electron chi connectivity index (χ3n) is 3.31. The largest absolute Gasteiger partial charge is 0.395 e. The summed E-state index contributed by atoms with van der Waals surface area (Å²) >= 11 is 0. The number of nitrogens with two attached hydrogens (primary N) is 1. The minimum absolute atomic E-state index is 0.128. The fourth-order valence-corrected chi connectivity index (χ4v) is 2.26. The van der Waals surface area contributed by atoms with Crippen LogP contribution in [0.3, 0.4) is 0 Å². The molecule has 1 rings (SSSR count). The molecule has 1 fully saturated rings. The zero-order valence-corrected chi connectivity index (χ0v) is 9.98. The second-order valence-corrected chi connectivity index (χ2v) is 4.59. The molecule has 2 atom stereocenters. The molecule has 16 heavy (non-hydrogen) atoms. The van der Waals surface area contributed by atoms with Gasteiger partial charge in [-0.05, 0) is 19.4 Å². The van der Waals surface area contributed by atoms with Crippen molar-refractivity contribution in [1.82, 2.24) is 10.3 Å². The van der Waals surface area contributed by atoms with Gasteiger partial charge in [0, 0.05) is 18.5 Å². The van der Waals surface area contributed by atoms with Gasteiger partial charge in [-0.15, -0.1) is 0 Å². The first-order chi connectivity index (χ1) is 7.69. The zero-order valence-electron chi connectivity index (χ0n) is 9.98. The summed E-state index contributed by atoms with van der Waals surface area (Å²) < 4.78 is 0. The lowest BCUT2D eigenvalue weighted by molar-refractivity contribution is -0.125. The monoisotopic (exact) mass is 229 g/mol. The van der Waals surface area contributed by atoms with Crippen molar-refractivity contribution in [3.8, 4) is 0 Å². The highest BCUT2D eigenvalue weighted by Crippen LogP contribution is 2.17. The van der Waals surface area contributed by atoms with Crippen LogP contribution in [0, 0.1) is 5.92 Å². The smallest absolute Gasteiger partial charge is 0.237 e. The van der Waals surface area contributed by atoms with Gasteiger partial charge in [0.2, 0.25) is 5.91 Å². The van der Waals surface area contributed by atoms with E-state index in [1.54, 1.807) is 0 Å². The van der Waals surface area contributed by atoms with Gasteiger partial charge in [0.1, 0.15) is 0 Å². The molecule has 94 valence electrons. The molecule has 0 radical (unpaired) electrons. The Morgan fingerprint density at radius 2 is 2.31 bits per heavy atom. The number of carbonyl (C=O) groups is 1. The molecule has 0 aliphatic carbocycles. The summed E-state index contributed by atoms with van der Waals surface area (Å²) in [5, 5.41) is 9.33. The number of rotatable bonds is 4. The molecule has 1 saturated heterocycles. The van der Waals surface area contributed by atoms with Gasteiger partial charge in [-0.1, -0.05) is 19.8 Å². The lowest BCUT2D eigenvalue weighted by Crippen LogP contribution is -2.45. The second-order valence-electron chi connectivity index (χ2n) is 4.59. The molecule has 0 bridgehead atoms. The molecule has 2 unspecified atom stereocenters. The summed E-state index contributed by atoms with van der Waals surface area (Å²) in [5.41, 5.74) is 2.17. The van der Waals surface area contributed by atoms with Gasteiger partial charge in [0.15, 0.2) is 0 Å². The number of amides is 1. The number of hydrogen-bond donors (Lipinski definition) is 3. The van der Waals surface area contributed by atoms with Gasteiger partial charge >= 0.3 is 0 Å². The van der Waals surface area contributed by atoms with Crippen LogP contribution in [0.5, 0.6) is 0 Å². The lowest BCUT2D eigenvalue weighted by Gasteiger charge is -2.30. The lowest BCUT2D eigenvalue weighted by atomic mass is 10.1. The maximum absolute atomic E-state index is 11.3. The van der Waals surface area contributed by atoms with Crippen LogP contribution in [0.4, 0.5) is 0 Å². The topological polar surface area (TPSA) is 78.6 Å². The first-order valence-corrected chi connectivity index (χ1v) is 6.04. The van der Waals surface area contributed by atoms with Crippen molar-refractivity contribution in [2.45, 2.75) is 38.6 Å². The number of hydrazine groups is 1. The Morgan fingerprint density at radius 1 is 1.56 bits per heavy atom. The predicted octanol–water partition coefficient (Wildman–Crippen LogP) is -0.151. The van der Waals surface area contributed by atoms with Gasteiger partial charge in [-0.25, -0.2) is 5.84 Å². The van der Waals surface area contributed by atoms with Gasteiger partial charge in [-0.2, -0.15) is 0 Å². The van der Waals surface area contributed by atoms with E-state index < -0.39 is 0 Å². The Kier molecular flexibility index (Phi) is 5.73. The van der Waals surface area contributed by atoms with Crippen molar-refractivity contribution in [3.63, 3.8) is 0 Å². The summed E-state index contributed by atoms with van der Waals surface area (Å²) in [7, 11) is 0. The molecular weight excluding hydrogens is 206 g/mol. The SMILES string of the molecule is CC(CN1CCCCCC1CO)C(=O)NN. The minimum Gasteiger partial charge on any atom is -0.395 e. The van der Waals surface area contributed by atoms with Crippen LogP contribution in [-0.2, 0) is 4.79 Å². The number of hydrogen-bond acceptors (Lipinski definition) is 4. The summed E-state index contributed by atoms with van der Waals surface area (Å²) in [6, 6.07) is 0.204. The van der Waals surface area contributed by atoms with Gasteiger partial charge in [0.05, 0.1) is 6.61 Å². The van der Waals surface area contributed by atoms with Crippen LogP contribution < -0.4 is 11.3 Å². The maximum atomic E-state index is 11.3. The van der Waals surface area contributed by atoms with E-state index in [9.17, 15) is 9.90 Å². The predicted molar refractivity (Wildman–Crippen MR) is 62.4 cm³/mol. The van der Waals surface area contributed by atoms with Crippen LogP contribution in [0.1, 0.15) is 32.6 Å². The summed E-state index contributed by atoms with van der Waals surface area (Å²) in [6.45, 7) is 3.68. The number of carbonyl (C=O) groups excluding carboxylic acids is 1. The quantitative estimate of drug-likeness (QED) is 0.356. The van der Waals surface area contributed by atoms with Crippen LogP contribution in [0.2, 0.25) is 0 Å². The third kappa shape index (κ3) is 3.73. The highest BCUT2D eigenvalue weighted by atomic mass is 16.3. The van der Waals surface area contributed by atoms with E-state index in [4.69, 9.17) is 5.84 Å². The van der Waals surface area contributed by atoms with E-state index in [0.717, 1.165) is 19.4 Å². The van der Waals surface area contributed by atoms with Gasteiger partial charge in [0.25, 0.3) is 0 Å². The number of nitrogens with one attached hydrogen (secondary N) is 1. The van der Waals surface area contributed by atoms with Crippen molar-refractivity contribution in [1.29, 1.82) is 0 Å². The third-order valence-corrected chi connectivity index (χ3v) is 3.31. The Labute approximate surface area is 97.0 Å². The molecule has 0 aromatic carbocycles. The number of likely N-dealkylation sites (tertiary alicyclic amines) is 1.